The van der Waals surface area contributed by atoms with Crippen LogP contribution in [0.3, 0.4) is 0 Å². The molecule has 2 unspecified atom stereocenters. The average Bonchev–Trinajstić information content (AvgIpc) is 1.46. The van der Waals surface area contributed by atoms with Gasteiger partial charge in [-0.25, -0.2) is 9.59 Å². The zero-order valence-corrected chi connectivity index (χ0v) is 70.4. The summed E-state index contributed by atoms with van der Waals surface area (Å²) in [4.78, 5) is 25.2. The van der Waals surface area contributed by atoms with Crippen LogP contribution in [0.1, 0.15) is 273 Å². The van der Waals surface area contributed by atoms with Gasteiger partial charge in [-0.05, 0) is 287 Å². The minimum atomic E-state index is -2.02. The summed E-state index contributed by atoms with van der Waals surface area (Å²) >= 11 is 0. The third-order valence-electron chi connectivity index (χ3n) is 35.7. The van der Waals surface area contributed by atoms with E-state index in [0.29, 0.717) is 69.0 Å². The molecule has 14 aliphatic rings. The van der Waals surface area contributed by atoms with Gasteiger partial charge in [0.05, 0.1) is 48.8 Å². The summed E-state index contributed by atoms with van der Waals surface area (Å²) in [7, 11) is -0.746. The number of carbonyl (C=O) groups excluding carboxylic acids is 2. The lowest BCUT2D eigenvalue weighted by Gasteiger charge is -2.64. The zero-order valence-electron chi connectivity index (χ0n) is 68.4. The molecule has 4 aliphatic heterocycles. The molecule has 2 amide bonds. The fraction of sp³-hybridized carbons (Fsp3) is 0.953. The largest absolute Gasteiger partial charge is 0.443 e. The zero-order chi connectivity index (χ0) is 73.6. The van der Waals surface area contributed by atoms with Crippen LogP contribution in [0.5, 0.6) is 0 Å². The van der Waals surface area contributed by atoms with E-state index in [4.69, 9.17) is 46.7 Å². The van der Waals surface area contributed by atoms with Gasteiger partial charge in [-0.1, -0.05) is 131 Å². The van der Waals surface area contributed by atoms with Crippen LogP contribution in [0.2, 0.25) is 36.3 Å². The number of ether oxygens (including phenoxy) is 8. The molecule has 4 saturated heterocycles. The van der Waals surface area contributed by atoms with Gasteiger partial charge in [0, 0.05) is 38.1 Å². The van der Waals surface area contributed by atoms with Gasteiger partial charge in [-0.2, -0.15) is 0 Å². The molecule has 4 spiro atoms. The Balaban J connectivity index is 0.000000182. The Kier molecular flexibility index (Phi) is 21.8. The maximum Gasteiger partial charge on any atom is 0.407 e. The lowest BCUT2D eigenvalue weighted by Crippen LogP contribution is -2.61. The molecular weight excluding hydrogens is 1310 g/mol. The lowest BCUT2D eigenvalue weighted by atomic mass is 9.41. The molecule has 0 aromatic carbocycles. The molecule has 14 nitrogen and oxygen atoms in total. The van der Waals surface area contributed by atoms with Crippen molar-refractivity contribution in [2.75, 3.05) is 27.3 Å². The number of amides is 2. The minimum Gasteiger partial charge on any atom is -0.443 e. The Morgan fingerprint density at radius 1 is 0.510 bits per heavy atom. The van der Waals surface area contributed by atoms with Gasteiger partial charge in [-0.15, -0.1) is 0 Å². The number of alkyl carbamates (subject to hydrolysis) is 2. The van der Waals surface area contributed by atoms with Gasteiger partial charge in [-0.3, -0.25) is 0 Å². The number of carbonyl (C=O) groups is 2. The van der Waals surface area contributed by atoms with Gasteiger partial charge in [0.15, 0.2) is 35.3 Å². The van der Waals surface area contributed by atoms with Crippen molar-refractivity contribution in [1.82, 2.24) is 10.6 Å². The summed E-state index contributed by atoms with van der Waals surface area (Å²) in [5.41, 5.74) is 3.00. The van der Waals surface area contributed by atoms with Crippen LogP contribution < -0.4 is 10.6 Å². The van der Waals surface area contributed by atoms with E-state index in [1.165, 1.54) is 96.3 Å². The third-order valence-corrected chi connectivity index (χ3v) is 45.0. The van der Waals surface area contributed by atoms with E-state index in [0.717, 1.165) is 100.0 Å². The maximum absolute atomic E-state index is 12.6. The Bertz CT molecular complexity index is 2990. The number of nitrogens with one attached hydrogen (secondary N) is 2. The number of hydrogen-bond donors (Lipinski definition) is 2. The highest BCUT2D eigenvalue weighted by Crippen LogP contribution is 2.92. The maximum atomic E-state index is 12.6. The van der Waals surface area contributed by atoms with Crippen LogP contribution in [-0.4, -0.2) is 130 Å². The Labute approximate surface area is 622 Å². The Hall–Kier alpha value is -1.61. The van der Waals surface area contributed by atoms with Crippen LogP contribution in [0.15, 0.2) is 12.2 Å². The Morgan fingerprint density at radius 2 is 0.892 bits per heavy atom. The molecule has 2 N–H and O–H groups in total. The van der Waals surface area contributed by atoms with E-state index in [-0.39, 0.29) is 112 Å². The van der Waals surface area contributed by atoms with Gasteiger partial charge in [0.2, 0.25) is 0 Å². The van der Waals surface area contributed by atoms with Crippen LogP contribution in [0.25, 0.3) is 0 Å². The van der Waals surface area contributed by atoms with Crippen LogP contribution in [0.4, 0.5) is 9.59 Å². The second-order valence-electron chi connectivity index (χ2n) is 39.9. The smallest absolute Gasteiger partial charge is 0.407 e. The van der Waals surface area contributed by atoms with Crippen molar-refractivity contribution in [2.45, 2.75) is 383 Å². The van der Waals surface area contributed by atoms with Gasteiger partial charge >= 0.3 is 12.2 Å². The summed E-state index contributed by atoms with van der Waals surface area (Å²) in [5, 5.41) is 5.37. The van der Waals surface area contributed by atoms with E-state index < -0.39 is 28.8 Å². The SMILES string of the molecule is C=C(C)[C@@H](OC(=O)NC)[C@H]1C[C@@H](C)[C@H]2[C@H](O1)[C@H](O[Si](CC)(CC)CC)[C@@]1(C)[C@@H]3CC[C@H]4C(C)(C)[C@@H](O[C@H]5CCCCO5)CC[C@@]45CC35CC[C@]21C.CC[Si](CC)(CC)O[C@H]1[C@H]2O[C@@H]([C@H](OC(=O)NC)C(C)C)C[C@@H](C)[C@@H]2[C@@]2(C)CCC34C[C@@]35CC[C@H](O[C@H]3CCCCO3)C(C)(C)[C@@H]5CC[C@H]4[C@]12C. The van der Waals surface area contributed by atoms with Crippen molar-refractivity contribution in [3.8, 4) is 0 Å². The number of rotatable bonds is 20. The molecule has 16 heteroatoms. The molecule has 0 aromatic rings. The van der Waals surface area contributed by atoms with E-state index >= 15 is 0 Å². The van der Waals surface area contributed by atoms with Crippen LogP contribution in [-0.2, 0) is 46.7 Å². The monoisotopic (exact) mass is 1460 g/mol. The summed E-state index contributed by atoms with van der Waals surface area (Å²) in [6.07, 6.45) is 25.5. The molecule has 582 valence electrons. The molecule has 14 rings (SSSR count). The molecule has 10 aliphatic carbocycles. The second kappa shape index (κ2) is 28.3. The third kappa shape index (κ3) is 11.7. The van der Waals surface area contributed by atoms with Crippen molar-refractivity contribution in [3.05, 3.63) is 12.2 Å². The fourth-order valence-corrected chi connectivity index (χ4v) is 35.7. The molecule has 28 atom stereocenters. The predicted octanol–water partition coefficient (Wildman–Crippen LogP) is 20.2. The number of hydrogen-bond acceptors (Lipinski definition) is 12. The predicted molar refractivity (Wildman–Crippen MR) is 410 cm³/mol. The molecule has 0 aromatic heterocycles. The summed E-state index contributed by atoms with van der Waals surface area (Å²) in [6.45, 7) is 52.4. The minimum absolute atomic E-state index is 0.00373. The van der Waals surface area contributed by atoms with Crippen molar-refractivity contribution < 1.29 is 56.3 Å². The van der Waals surface area contributed by atoms with Crippen molar-refractivity contribution in [3.63, 3.8) is 0 Å². The van der Waals surface area contributed by atoms with Crippen LogP contribution >= 0.6 is 0 Å². The summed E-state index contributed by atoms with van der Waals surface area (Å²) < 4.78 is 68.8. The van der Waals surface area contributed by atoms with E-state index in [9.17, 15) is 9.59 Å². The van der Waals surface area contributed by atoms with E-state index in [1.807, 2.05) is 6.92 Å². The van der Waals surface area contributed by atoms with Crippen molar-refractivity contribution >= 4 is 28.8 Å². The molecular formula is C86H148N2O12Si2. The molecule has 4 heterocycles. The highest BCUT2D eigenvalue weighted by molar-refractivity contribution is 6.74. The highest BCUT2D eigenvalue weighted by atomic mass is 28.4. The topological polar surface area (TPSA) is 150 Å². The van der Waals surface area contributed by atoms with Crippen molar-refractivity contribution in [2.24, 2.45) is 107 Å². The fourth-order valence-electron chi connectivity index (χ4n) is 29.9. The Morgan fingerprint density at radius 3 is 1.26 bits per heavy atom. The first-order chi connectivity index (χ1) is 48.3. The second-order valence-corrected chi connectivity index (χ2v) is 49.4. The van der Waals surface area contributed by atoms with Crippen LogP contribution in [0, 0.1) is 107 Å². The molecule has 14 fully saturated rings. The standard InChI is InChI=1S/C43H75NO6Si.C43H73NO6Si/c2*1-12-51(13-2,14-3)50-37-36-34(28(6)25-29(47-36)35(27(4)5)49-38(45)44-11)40(9)22-23-43-26-42(43)21-20-32(48-33-17-15-16-24-46-33)39(7,8)30(42)18-19-31(43)41(37,40)10/h27-37H,12-26H2,1-11H3,(H,44,45);28-37H,4,12-26H2,1-3,5-11H3,(H,44,45)/t2*28-,29-,30+,31+,32+,33+,34+,35-,36+,37+,40-,41-,42-,43?/m11/s1. The molecule has 0 radical (unpaired) electrons. The quantitative estimate of drug-likeness (QED) is 0.0678. The van der Waals surface area contributed by atoms with E-state index in [1.54, 1.807) is 14.1 Å². The first-order valence-corrected chi connectivity index (χ1v) is 48.0. The lowest BCUT2D eigenvalue weighted by molar-refractivity contribution is -0.242. The van der Waals surface area contributed by atoms with E-state index in [2.05, 4.69) is 142 Å². The average molecular weight is 1460 g/mol. The first kappa shape index (κ1) is 78.5. The summed E-state index contributed by atoms with van der Waals surface area (Å²) in [6, 6.07) is 6.85. The molecule has 0 bridgehead atoms. The van der Waals surface area contributed by atoms with Gasteiger partial charge in [0.1, 0.15) is 6.10 Å². The van der Waals surface area contributed by atoms with Crippen molar-refractivity contribution in [1.29, 1.82) is 0 Å². The van der Waals surface area contributed by atoms with Gasteiger partial charge < -0.3 is 57.4 Å². The molecule has 10 saturated carbocycles. The first-order valence-electron chi connectivity index (χ1n) is 42.9. The normalized spacial score (nSPS) is 47.5. The van der Waals surface area contributed by atoms with Gasteiger partial charge in [0.25, 0.3) is 0 Å². The number of fused-ring (bicyclic) bond motifs is 8. The molecule has 102 heavy (non-hydrogen) atoms. The summed E-state index contributed by atoms with van der Waals surface area (Å²) in [5.74, 6) is 4.55. The highest BCUT2D eigenvalue weighted by Gasteiger charge is 2.87.